The van der Waals surface area contributed by atoms with E-state index in [1.165, 1.54) is 43.5 Å². The fourth-order valence-electron chi connectivity index (χ4n) is 4.06. The first kappa shape index (κ1) is 24.5. The van der Waals surface area contributed by atoms with Crippen molar-refractivity contribution in [2.45, 2.75) is 76.6 Å². The van der Waals surface area contributed by atoms with Gasteiger partial charge < -0.3 is 35.0 Å². The molecule has 0 amide bonds. The lowest BCUT2D eigenvalue weighted by Gasteiger charge is -2.40. The van der Waals surface area contributed by atoms with Crippen molar-refractivity contribution >= 4 is 5.97 Å². The van der Waals surface area contributed by atoms with E-state index in [4.69, 9.17) is 9.47 Å². The Balaban J connectivity index is 1.76. The maximum absolute atomic E-state index is 12.6. The van der Waals surface area contributed by atoms with E-state index < -0.39 is 23.6 Å². The number of hydrogen-bond donors (Lipinski definition) is 5. The average molecular weight is 461 g/mol. The van der Waals surface area contributed by atoms with Crippen LogP contribution in [-0.4, -0.2) is 37.3 Å². The van der Waals surface area contributed by atoms with Crippen molar-refractivity contribution in [3.05, 3.63) is 41.5 Å². The number of aromatic hydroxyl groups is 4. The van der Waals surface area contributed by atoms with Gasteiger partial charge in [-0.15, -0.1) is 0 Å². The zero-order chi connectivity index (χ0) is 24.0. The molecule has 0 unspecified atom stereocenters. The predicted molar refractivity (Wildman–Crippen MR) is 120 cm³/mol. The fraction of sp³-hybridized carbons (Fsp3) is 0.480. The summed E-state index contributed by atoms with van der Waals surface area (Å²) in [5.41, 5.74) is 0.420. The molecule has 0 saturated heterocycles. The third-order valence-corrected chi connectivity index (χ3v) is 5.83. The summed E-state index contributed by atoms with van der Waals surface area (Å²) >= 11 is 0. The van der Waals surface area contributed by atoms with Gasteiger partial charge in [0, 0.05) is 36.1 Å². The van der Waals surface area contributed by atoms with E-state index in [2.05, 4.69) is 6.92 Å². The molecule has 1 aliphatic heterocycles. The Labute approximate surface area is 193 Å². The number of benzene rings is 2. The molecule has 1 heterocycles. The van der Waals surface area contributed by atoms with Gasteiger partial charge in [-0.2, -0.15) is 0 Å². The zero-order valence-corrected chi connectivity index (χ0v) is 18.8. The minimum Gasteiger partial charge on any atom is -0.508 e. The number of hydrogen-bond acceptors (Lipinski definition) is 8. The minimum absolute atomic E-state index is 0.109. The second kappa shape index (κ2) is 10.7. The first-order valence-corrected chi connectivity index (χ1v) is 11.4. The van der Waals surface area contributed by atoms with Crippen molar-refractivity contribution in [3.8, 4) is 28.7 Å². The van der Waals surface area contributed by atoms with Gasteiger partial charge in [-0.1, -0.05) is 51.5 Å². The molecule has 0 radical (unpaired) electrons. The largest absolute Gasteiger partial charge is 0.508 e. The Bertz CT molecular complexity index is 973. The van der Waals surface area contributed by atoms with Gasteiger partial charge >= 0.3 is 5.97 Å². The van der Waals surface area contributed by atoms with Gasteiger partial charge in [0.25, 0.3) is 5.79 Å². The summed E-state index contributed by atoms with van der Waals surface area (Å²) in [6.45, 7) is 2.16. The molecule has 2 aromatic carbocycles. The van der Waals surface area contributed by atoms with E-state index in [0.29, 0.717) is 6.42 Å². The zero-order valence-electron chi connectivity index (χ0n) is 18.8. The van der Waals surface area contributed by atoms with Gasteiger partial charge in [0.1, 0.15) is 17.2 Å². The van der Waals surface area contributed by atoms with Crippen LogP contribution in [0.3, 0.4) is 0 Å². The highest BCUT2D eigenvalue weighted by Crippen LogP contribution is 2.47. The van der Waals surface area contributed by atoms with Crippen LogP contribution in [0, 0.1) is 0 Å². The number of carbonyl (C=O) groups excluding carboxylic acids is 1. The summed E-state index contributed by atoms with van der Waals surface area (Å²) in [5.74, 6) is -4.01. The molecule has 2 aromatic rings. The number of carbonyl (C=O) groups is 1. The average Bonchev–Trinajstić information content (AvgIpc) is 2.75. The van der Waals surface area contributed by atoms with Crippen molar-refractivity contribution in [2.24, 2.45) is 0 Å². The predicted octanol–water partition coefficient (Wildman–Crippen LogP) is 4.56. The lowest BCUT2D eigenvalue weighted by atomic mass is 9.90. The van der Waals surface area contributed by atoms with E-state index >= 15 is 0 Å². The first-order valence-electron chi connectivity index (χ1n) is 11.4. The van der Waals surface area contributed by atoms with Crippen molar-refractivity contribution < 1.29 is 39.8 Å². The Morgan fingerprint density at radius 2 is 1.67 bits per heavy atom. The Morgan fingerprint density at radius 1 is 0.970 bits per heavy atom. The molecule has 8 nitrogen and oxygen atoms in total. The summed E-state index contributed by atoms with van der Waals surface area (Å²) in [7, 11) is 0. The summed E-state index contributed by atoms with van der Waals surface area (Å²) in [6, 6.07) is 6.23. The molecule has 0 saturated carbocycles. The number of fused-ring (bicyclic) bond motifs is 1. The molecule has 5 N–H and O–H groups in total. The van der Waals surface area contributed by atoms with Crippen LogP contribution in [0.5, 0.6) is 28.7 Å². The molecular weight excluding hydrogens is 428 g/mol. The molecule has 0 spiro atoms. The number of esters is 1. The Morgan fingerprint density at radius 3 is 2.36 bits per heavy atom. The van der Waals surface area contributed by atoms with Gasteiger partial charge in [0.05, 0.1) is 0 Å². The van der Waals surface area contributed by atoms with Crippen molar-refractivity contribution in [2.75, 3.05) is 0 Å². The number of rotatable bonds is 10. The Hall–Kier alpha value is -3.13. The van der Waals surface area contributed by atoms with Gasteiger partial charge in [-0.05, 0) is 18.6 Å². The van der Waals surface area contributed by atoms with E-state index in [0.717, 1.165) is 25.3 Å². The van der Waals surface area contributed by atoms with Gasteiger partial charge in [-0.3, -0.25) is 4.79 Å². The summed E-state index contributed by atoms with van der Waals surface area (Å²) in [4.78, 5) is 12.6. The van der Waals surface area contributed by atoms with Crippen LogP contribution in [0.2, 0.25) is 0 Å². The van der Waals surface area contributed by atoms with Crippen LogP contribution in [0.25, 0.3) is 0 Å². The SMILES string of the molecule is CCCCCCCCCC(=O)O[C@]1(O)Cc2c(O)cc(O)cc2O[C@@H]1c1ccc(O)c(O)c1. The normalized spacial score (nSPS) is 19.5. The highest BCUT2D eigenvalue weighted by Gasteiger charge is 2.48. The first-order chi connectivity index (χ1) is 15.7. The van der Waals surface area contributed by atoms with E-state index in [-0.39, 0.29) is 47.0 Å². The number of phenols is 4. The highest BCUT2D eigenvalue weighted by atomic mass is 16.7. The molecule has 0 aliphatic carbocycles. The fourth-order valence-corrected chi connectivity index (χ4v) is 4.06. The maximum atomic E-state index is 12.6. The number of ether oxygens (including phenoxy) is 2. The van der Waals surface area contributed by atoms with Crippen LogP contribution in [0.15, 0.2) is 30.3 Å². The third kappa shape index (κ3) is 6.01. The molecule has 0 aromatic heterocycles. The monoisotopic (exact) mass is 460 g/mol. The smallest absolute Gasteiger partial charge is 0.308 e. The topological polar surface area (TPSA) is 137 Å². The van der Waals surface area contributed by atoms with E-state index in [1.54, 1.807) is 0 Å². The minimum atomic E-state index is -2.18. The molecule has 2 atom stereocenters. The standard InChI is InChI=1S/C25H32O8/c1-2-3-4-5-6-7-8-9-23(30)33-25(31)15-18-20(28)13-17(26)14-22(18)32-24(25)16-10-11-19(27)21(29)12-16/h10-14,24,26-29,31H,2-9,15H2,1H3/t24-,25-/m1/s1. The molecule has 0 bridgehead atoms. The molecule has 3 rings (SSSR count). The lowest BCUT2D eigenvalue weighted by Crippen LogP contribution is -2.48. The summed E-state index contributed by atoms with van der Waals surface area (Å²) in [6.07, 6.45) is 5.78. The third-order valence-electron chi connectivity index (χ3n) is 5.83. The quantitative estimate of drug-likeness (QED) is 0.151. The van der Waals surface area contributed by atoms with Gasteiger partial charge in [0.2, 0.25) is 0 Å². The summed E-state index contributed by atoms with van der Waals surface area (Å²) in [5, 5.41) is 51.0. The molecule has 8 heteroatoms. The van der Waals surface area contributed by atoms with E-state index in [9.17, 15) is 30.3 Å². The summed E-state index contributed by atoms with van der Waals surface area (Å²) < 4.78 is 11.3. The highest BCUT2D eigenvalue weighted by molar-refractivity contribution is 5.70. The van der Waals surface area contributed by atoms with Crippen molar-refractivity contribution in [1.29, 1.82) is 0 Å². The van der Waals surface area contributed by atoms with Gasteiger partial charge in [0.15, 0.2) is 17.6 Å². The molecular formula is C25H32O8. The van der Waals surface area contributed by atoms with Crippen LogP contribution in [0.1, 0.15) is 75.5 Å². The van der Waals surface area contributed by atoms with Crippen LogP contribution in [0.4, 0.5) is 0 Å². The van der Waals surface area contributed by atoms with E-state index in [1.807, 2.05) is 0 Å². The van der Waals surface area contributed by atoms with Gasteiger partial charge in [-0.25, -0.2) is 0 Å². The van der Waals surface area contributed by atoms with Crippen LogP contribution >= 0.6 is 0 Å². The number of phenolic OH excluding ortho intramolecular Hbond substituents is 4. The van der Waals surface area contributed by atoms with Crippen molar-refractivity contribution in [3.63, 3.8) is 0 Å². The molecule has 0 fully saturated rings. The molecule has 33 heavy (non-hydrogen) atoms. The number of unbranched alkanes of at least 4 members (excludes halogenated alkanes) is 6. The molecule has 180 valence electrons. The Kier molecular flexibility index (Phi) is 7.92. The molecule has 1 aliphatic rings. The van der Waals surface area contributed by atoms with Crippen LogP contribution < -0.4 is 4.74 Å². The maximum Gasteiger partial charge on any atom is 0.308 e. The van der Waals surface area contributed by atoms with Crippen LogP contribution in [-0.2, 0) is 16.0 Å². The second-order valence-electron chi connectivity index (χ2n) is 8.55. The second-order valence-corrected chi connectivity index (χ2v) is 8.55. The number of aliphatic hydroxyl groups is 1. The lowest BCUT2D eigenvalue weighted by molar-refractivity contribution is -0.249. The van der Waals surface area contributed by atoms with Crippen molar-refractivity contribution in [1.82, 2.24) is 0 Å².